The molecule has 1 saturated carbocycles. The highest BCUT2D eigenvalue weighted by molar-refractivity contribution is 9.10. The molecule has 0 spiro atoms. The van der Waals surface area contributed by atoms with Gasteiger partial charge in [-0.25, -0.2) is 0 Å². The summed E-state index contributed by atoms with van der Waals surface area (Å²) >= 11 is 3.43. The predicted octanol–water partition coefficient (Wildman–Crippen LogP) is 5.63. The molecule has 3 aromatic carbocycles. The zero-order valence-corrected chi connectivity index (χ0v) is 22.7. The van der Waals surface area contributed by atoms with Crippen molar-refractivity contribution in [3.05, 3.63) is 87.9 Å². The molecule has 3 N–H and O–H groups in total. The molecule has 1 aliphatic carbocycles. The lowest BCUT2D eigenvalue weighted by Crippen LogP contribution is -2.43. The number of carbonyl (C=O) groups is 2. The Kier molecular flexibility index (Phi) is 8.84. The third kappa shape index (κ3) is 6.50. The highest BCUT2D eigenvalue weighted by Gasteiger charge is 2.29. The molecule has 0 bridgehead atoms. The Bertz CT molecular complexity index is 1260. The summed E-state index contributed by atoms with van der Waals surface area (Å²) in [6, 6.07) is 20.4. The minimum Gasteiger partial charge on any atom is -0.493 e. The second-order valence-electron chi connectivity index (χ2n) is 9.21. The van der Waals surface area contributed by atoms with E-state index in [1.165, 1.54) is 0 Å². The quantitative estimate of drug-likeness (QED) is 0.369. The van der Waals surface area contributed by atoms with Crippen LogP contribution in [0.1, 0.15) is 52.0 Å². The van der Waals surface area contributed by atoms with Crippen LogP contribution in [0.5, 0.6) is 11.5 Å². The maximum Gasteiger partial charge on any atom is 0.256 e. The fraction of sp³-hybridized carbons (Fsp3) is 0.310. The van der Waals surface area contributed by atoms with Crippen molar-refractivity contribution in [3.63, 3.8) is 0 Å². The number of amides is 2. The van der Waals surface area contributed by atoms with Gasteiger partial charge in [-0.3, -0.25) is 9.59 Å². The first-order valence-electron chi connectivity index (χ1n) is 12.3. The molecule has 0 unspecified atom stereocenters. The van der Waals surface area contributed by atoms with Gasteiger partial charge >= 0.3 is 0 Å². The molecule has 8 heteroatoms. The van der Waals surface area contributed by atoms with E-state index in [2.05, 4.69) is 21.2 Å². The van der Waals surface area contributed by atoms with Crippen molar-refractivity contribution < 1.29 is 19.1 Å². The van der Waals surface area contributed by atoms with E-state index in [0.717, 1.165) is 35.7 Å². The van der Waals surface area contributed by atoms with Crippen LogP contribution in [-0.2, 0) is 6.54 Å². The lowest BCUT2D eigenvalue weighted by Gasteiger charge is -2.36. The Morgan fingerprint density at radius 3 is 2.38 bits per heavy atom. The molecular weight excluding hydrogens is 534 g/mol. The van der Waals surface area contributed by atoms with Crippen molar-refractivity contribution in [1.29, 1.82) is 0 Å². The third-order valence-electron chi connectivity index (χ3n) is 6.73. The monoisotopic (exact) mass is 565 g/mol. The molecule has 1 fully saturated rings. The summed E-state index contributed by atoms with van der Waals surface area (Å²) < 4.78 is 11.5. The average Bonchev–Trinajstić information content (AvgIpc) is 2.92. The number of hydrogen-bond donors (Lipinski definition) is 2. The molecule has 2 amide bonds. The van der Waals surface area contributed by atoms with Gasteiger partial charge in [-0.15, -0.1) is 0 Å². The molecule has 0 aliphatic heterocycles. The molecule has 1 aliphatic rings. The molecular formula is C29H32BrN3O4. The number of nitrogens with one attached hydrogen (secondary N) is 1. The summed E-state index contributed by atoms with van der Waals surface area (Å²) in [5.74, 6) is 0.798. The van der Waals surface area contributed by atoms with E-state index in [4.69, 9.17) is 15.2 Å². The summed E-state index contributed by atoms with van der Waals surface area (Å²) in [5, 5.41) is 2.97. The standard InChI is InChI=1S/C29H32BrN3O4/c1-36-26-15-10-20(17-27(26)37-2)29(35)33(23-13-11-21(31)12-14-23)18-19-6-5-7-22(16-19)32-28(34)24-8-3-4-9-25(24)30/h3-10,15-17,21,23H,11-14,18,31H2,1-2H3,(H,32,34). The Balaban J connectivity index is 1.58. The summed E-state index contributed by atoms with van der Waals surface area (Å²) in [4.78, 5) is 28.5. The van der Waals surface area contributed by atoms with Crippen LogP contribution >= 0.6 is 15.9 Å². The van der Waals surface area contributed by atoms with Crippen LogP contribution in [-0.4, -0.2) is 43.0 Å². The lowest BCUT2D eigenvalue weighted by molar-refractivity contribution is 0.0606. The number of nitrogens with zero attached hydrogens (tertiary/aromatic N) is 1. The highest BCUT2D eigenvalue weighted by Crippen LogP contribution is 2.31. The van der Waals surface area contributed by atoms with Gasteiger partial charge in [0.15, 0.2) is 11.5 Å². The van der Waals surface area contributed by atoms with Gasteiger partial charge in [0.1, 0.15) is 0 Å². The number of hydrogen-bond acceptors (Lipinski definition) is 5. The number of benzene rings is 3. The number of rotatable bonds is 8. The van der Waals surface area contributed by atoms with Crippen molar-refractivity contribution in [3.8, 4) is 11.5 Å². The minimum absolute atomic E-state index is 0.0684. The molecule has 194 valence electrons. The number of nitrogens with two attached hydrogens (primary N) is 1. The topological polar surface area (TPSA) is 93.9 Å². The van der Waals surface area contributed by atoms with Crippen LogP contribution < -0.4 is 20.5 Å². The first-order chi connectivity index (χ1) is 17.9. The lowest BCUT2D eigenvalue weighted by atomic mass is 9.90. The Morgan fingerprint density at radius 2 is 1.68 bits per heavy atom. The maximum atomic E-state index is 13.8. The van der Waals surface area contributed by atoms with Crippen LogP contribution in [0.25, 0.3) is 0 Å². The van der Waals surface area contributed by atoms with Gasteiger partial charge in [0.05, 0.1) is 19.8 Å². The van der Waals surface area contributed by atoms with Gasteiger partial charge in [0.25, 0.3) is 11.8 Å². The van der Waals surface area contributed by atoms with Crippen LogP contribution in [0.4, 0.5) is 5.69 Å². The number of halogens is 1. The van der Waals surface area contributed by atoms with E-state index >= 15 is 0 Å². The second-order valence-corrected chi connectivity index (χ2v) is 10.1. The largest absolute Gasteiger partial charge is 0.493 e. The number of carbonyl (C=O) groups excluding carboxylic acids is 2. The van der Waals surface area contributed by atoms with Crippen molar-refractivity contribution in [2.75, 3.05) is 19.5 Å². The fourth-order valence-corrected chi connectivity index (χ4v) is 5.17. The molecule has 7 nitrogen and oxygen atoms in total. The van der Waals surface area contributed by atoms with E-state index in [-0.39, 0.29) is 23.9 Å². The normalized spacial score (nSPS) is 17.1. The second kappa shape index (κ2) is 12.3. The molecule has 0 radical (unpaired) electrons. The van der Waals surface area contributed by atoms with Gasteiger partial charge < -0.3 is 25.4 Å². The minimum atomic E-state index is -0.204. The third-order valence-corrected chi connectivity index (χ3v) is 7.42. The zero-order valence-electron chi connectivity index (χ0n) is 21.1. The fourth-order valence-electron chi connectivity index (χ4n) is 4.70. The molecule has 4 rings (SSSR count). The van der Waals surface area contributed by atoms with E-state index in [1.807, 2.05) is 47.4 Å². The van der Waals surface area contributed by atoms with E-state index in [9.17, 15) is 9.59 Å². The molecule has 0 aromatic heterocycles. The summed E-state index contributed by atoms with van der Waals surface area (Å²) in [5.41, 5.74) is 8.83. The smallest absolute Gasteiger partial charge is 0.256 e. The Hall–Kier alpha value is -3.36. The van der Waals surface area contributed by atoms with Crippen LogP contribution in [0.15, 0.2) is 71.2 Å². The van der Waals surface area contributed by atoms with E-state index in [0.29, 0.717) is 34.9 Å². The summed E-state index contributed by atoms with van der Waals surface area (Å²) in [6.45, 7) is 0.409. The molecule has 3 aromatic rings. The summed E-state index contributed by atoms with van der Waals surface area (Å²) in [7, 11) is 3.12. The predicted molar refractivity (Wildman–Crippen MR) is 148 cm³/mol. The molecule has 0 heterocycles. The number of ether oxygens (including phenoxy) is 2. The molecule has 0 saturated heterocycles. The van der Waals surface area contributed by atoms with Crippen LogP contribution in [0.3, 0.4) is 0 Å². The maximum absolute atomic E-state index is 13.8. The van der Waals surface area contributed by atoms with Gasteiger partial charge in [-0.05, 0) is 89.6 Å². The van der Waals surface area contributed by atoms with Gasteiger partial charge in [0, 0.05) is 34.4 Å². The van der Waals surface area contributed by atoms with Crippen LogP contribution in [0.2, 0.25) is 0 Å². The zero-order chi connectivity index (χ0) is 26.4. The molecule has 0 atom stereocenters. The average molecular weight is 566 g/mol. The number of anilines is 1. The van der Waals surface area contributed by atoms with E-state index < -0.39 is 0 Å². The van der Waals surface area contributed by atoms with E-state index in [1.54, 1.807) is 38.5 Å². The SMILES string of the molecule is COc1ccc(C(=O)N(Cc2cccc(NC(=O)c3ccccc3Br)c2)C2CCC(N)CC2)cc1OC. The van der Waals surface area contributed by atoms with Crippen molar-refractivity contribution in [2.45, 2.75) is 44.3 Å². The molecule has 37 heavy (non-hydrogen) atoms. The highest BCUT2D eigenvalue weighted by atomic mass is 79.9. The number of methoxy groups -OCH3 is 2. The van der Waals surface area contributed by atoms with Gasteiger partial charge in [0.2, 0.25) is 0 Å². The Morgan fingerprint density at radius 1 is 0.946 bits per heavy atom. The first kappa shape index (κ1) is 26.7. The van der Waals surface area contributed by atoms with Gasteiger partial charge in [-0.1, -0.05) is 24.3 Å². The van der Waals surface area contributed by atoms with Crippen LogP contribution in [0, 0.1) is 0 Å². The van der Waals surface area contributed by atoms with Crippen molar-refractivity contribution in [1.82, 2.24) is 4.90 Å². The van der Waals surface area contributed by atoms with Crippen molar-refractivity contribution >= 4 is 33.4 Å². The van der Waals surface area contributed by atoms with Crippen molar-refractivity contribution in [2.24, 2.45) is 5.73 Å². The summed E-state index contributed by atoms with van der Waals surface area (Å²) in [6.07, 6.45) is 3.45. The Labute approximate surface area is 226 Å². The van der Waals surface area contributed by atoms with Gasteiger partial charge in [-0.2, -0.15) is 0 Å². The first-order valence-corrected chi connectivity index (χ1v) is 13.1.